The number of aliphatic hydroxyl groups is 11. The average Bonchev–Trinajstić information content (AvgIpc) is 0.774. The molecule has 672 valence electrons. The summed E-state index contributed by atoms with van der Waals surface area (Å²) in [5.41, 5.74) is 0. The molecular weight excluding hydrogens is 1430 g/mol. The van der Waals surface area contributed by atoms with Crippen LogP contribution in [0.2, 0.25) is 0 Å². The fourth-order valence-corrected chi connectivity index (χ4v) is 17.2. The summed E-state index contributed by atoms with van der Waals surface area (Å²) >= 11 is 0. The Morgan fingerprint density at radius 3 is 0.770 bits per heavy atom. The first-order chi connectivity index (χ1) is 55.3. The number of hydrogen-bond donors (Lipinski definition) is 12. The first kappa shape index (κ1) is 106. The lowest BCUT2D eigenvalue weighted by molar-refractivity contribution is -0.379. The number of carbonyl (C=O) groups is 1. The smallest absolute Gasteiger partial charge is 0.220 e. The van der Waals surface area contributed by atoms with E-state index in [1.165, 1.54) is 385 Å². The van der Waals surface area contributed by atoms with Crippen molar-refractivity contribution in [3.8, 4) is 0 Å². The molecule has 113 heavy (non-hydrogen) atoms. The molecule has 3 aliphatic heterocycles. The first-order valence-electron chi connectivity index (χ1n) is 48.8. The Labute approximate surface area is 691 Å². The number of rotatable bonds is 82. The van der Waals surface area contributed by atoms with Crippen molar-refractivity contribution >= 4 is 5.91 Å². The van der Waals surface area contributed by atoms with Crippen molar-refractivity contribution in [2.45, 2.75) is 568 Å². The van der Waals surface area contributed by atoms with E-state index in [1.54, 1.807) is 0 Å². The summed E-state index contributed by atoms with van der Waals surface area (Å²) in [6.07, 6.45) is 65.3. The molecule has 0 aromatic rings. The Bertz CT molecular complexity index is 2030. The second-order valence-corrected chi connectivity index (χ2v) is 35.3. The molecule has 17 atom stereocenters. The summed E-state index contributed by atoms with van der Waals surface area (Å²) < 4.78 is 34.7. The maximum Gasteiger partial charge on any atom is 0.220 e. The van der Waals surface area contributed by atoms with E-state index in [4.69, 9.17) is 28.4 Å². The third-order valence-corrected chi connectivity index (χ3v) is 24.9. The van der Waals surface area contributed by atoms with Gasteiger partial charge in [-0.15, -0.1) is 0 Å². The van der Waals surface area contributed by atoms with Gasteiger partial charge in [-0.05, 0) is 12.8 Å². The minimum atomic E-state index is -1.97. The topological polar surface area (TPSA) is 307 Å². The zero-order valence-corrected chi connectivity index (χ0v) is 72.9. The van der Waals surface area contributed by atoms with Crippen LogP contribution in [-0.2, 0) is 33.2 Å². The van der Waals surface area contributed by atoms with Gasteiger partial charge in [0.2, 0.25) is 5.91 Å². The van der Waals surface area contributed by atoms with Crippen LogP contribution in [-0.4, -0.2) is 193 Å². The van der Waals surface area contributed by atoms with Crippen molar-refractivity contribution in [3.63, 3.8) is 0 Å². The van der Waals surface area contributed by atoms with Crippen molar-refractivity contribution in [1.82, 2.24) is 5.32 Å². The molecule has 3 heterocycles. The van der Waals surface area contributed by atoms with Crippen LogP contribution >= 0.6 is 0 Å². The van der Waals surface area contributed by atoms with Crippen LogP contribution in [0.25, 0.3) is 0 Å². The number of amides is 1. The van der Waals surface area contributed by atoms with E-state index in [0.29, 0.717) is 12.8 Å². The Kier molecular flexibility index (Phi) is 70.0. The predicted octanol–water partition coefficient (Wildman–Crippen LogP) is 19.6. The van der Waals surface area contributed by atoms with Crippen LogP contribution < -0.4 is 5.32 Å². The van der Waals surface area contributed by atoms with Crippen LogP contribution in [0.3, 0.4) is 0 Å². The van der Waals surface area contributed by atoms with Gasteiger partial charge in [-0.3, -0.25) is 4.79 Å². The van der Waals surface area contributed by atoms with E-state index in [1.807, 2.05) is 0 Å². The SMILES string of the molecule is CCCCCCCCCCCCCCCCCCCCCCCCCCCCCCCCCCCCCCC(=O)NC(COC1OC(CO)C(OC2OC(CO)C(OC3OC(CO)C(O)C(O)C3O)C(O)C2O)C(O)C1O)C(O)CCCCCCCCCCCCCCCCCCCCCCCCCCCCCCCCCC. The predicted molar refractivity (Wildman–Crippen MR) is 457 cm³/mol. The van der Waals surface area contributed by atoms with Gasteiger partial charge in [-0.25, -0.2) is 0 Å². The summed E-state index contributed by atoms with van der Waals surface area (Å²) in [6.45, 7) is 1.90. The zero-order chi connectivity index (χ0) is 81.7. The summed E-state index contributed by atoms with van der Waals surface area (Å²) in [5, 5.41) is 122. The lowest BCUT2D eigenvalue weighted by atomic mass is 9.96. The van der Waals surface area contributed by atoms with Crippen molar-refractivity contribution in [2.24, 2.45) is 0 Å². The number of unbranched alkanes of at least 4 members (excludes halogenated alkanes) is 66. The highest BCUT2D eigenvalue weighted by atomic mass is 16.8. The molecule has 3 aliphatic rings. The third kappa shape index (κ3) is 52.7. The molecule has 0 aliphatic carbocycles. The number of hydrogen-bond acceptors (Lipinski definition) is 18. The highest BCUT2D eigenvalue weighted by molar-refractivity contribution is 5.76. The molecule has 3 rings (SSSR count). The molecule has 3 saturated heterocycles. The van der Waals surface area contributed by atoms with Gasteiger partial charge in [0.25, 0.3) is 0 Å². The molecule has 0 bridgehead atoms. The Balaban J connectivity index is 1.28. The molecule has 0 aromatic heterocycles. The van der Waals surface area contributed by atoms with Gasteiger partial charge in [0.15, 0.2) is 18.9 Å². The second-order valence-electron chi connectivity index (χ2n) is 35.3. The van der Waals surface area contributed by atoms with Gasteiger partial charge in [0.05, 0.1) is 38.6 Å². The fraction of sp³-hybridized carbons (Fsp3) is 0.989. The molecule has 0 saturated carbocycles. The van der Waals surface area contributed by atoms with Gasteiger partial charge < -0.3 is 89.9 Å². The number of aliphatic hydroxyl groups excluding tert-OH is 11. The highest BCUT2D eigenvalue weighted by Crippen LogP contribution is 2.34. The van der Waals surface area contributed by atoms with Gasteiger partial charge in [-0.2, -0.15) is 0 Å². The van der Waals surface area contributed by atoms with Crippen LogP contribution in [0.4, 0.5) is 0 Å². The van der Waals surface area contributed by atoms with Crippen molar-refractivity contribution in [3.05, 3.63) is 0 Å². The summed E-state index contributed by atoms with van der Waals surface area (Å²) in [4.78, 5) is 13.6. The zero-order valence-electron chi connectivity index (χ0n) is 72.9. The quantitative estimate of drug-likeness (QED) is 0.0252. The molecule has 19 heteroatoms. The lowest BCUT2D eigenvalue weighted by Crippen LogP contribution is -2.66. The maximum atomic E-state index is 13.6. The van der Waals surface area contributed by atoms with E-state index in [0.717, 1.165) is 44.9 Å². The van der Waals surface area contributed by atoms with Crippen molar-refractivity contribution in [1.29, 1.82) is 0 Å². The second kappa shape index (κ2) is 74.6. The lowest BCUT2D eigenvalue weighted by Gasteiger charge is -2.48. The monoisotopic (exact) mass is 1610 g/mol. The fourth-order valence-electron chi connectivity index (χ4n) is 17.2. The molecule has 1 amide bonds. The van der Waals surface area contributed by atoms with E-state index in [2.05, 4.69) is 19.2 Å². The molecule has 12 N–H and O–H groups in total. The number of ether oxygens (including phenoxy) is 6. The van der Waals surface area contributed by atoms with E-state index >= 15 is 0 Å². The first-order valence-corrected chi connectivity index (χ1v) is 48.8. The average molecular weight is 1620 g/mol. The Morgan fingerprint density at radius 2 is 0.504 bits per heavy atom. The Morgan fingerprint density at radius 1 is 0.283 bits per heavy atom. The molecule has 0 spiro atoms. The number of nitrogens with one attached hydrogen (secondary N) is 1. The van der Waals surface area contributed by atoms with Gasteiger partial charge in [0, 0.05) is 6.42 Å². The van der Waals surface area contributed by atoms with E-state index < -0.39 is 124 Å². The van der Waals surface area contributed by atoms with Crippen LogP contribution in [0, 0.1) is 0 Å². The van der Waals surface area contributed by atoms with E-state index in [9.17, 15) is 61.0 Å². The van der Waals surface area contributed by atoms with Gasteiger partial charge in [-0.1, -0.05) is 444 Å². The minimum absolute atomic E-state index is 0.230. The van der Waals surface area contributed by atoms with Crippen LogP contribution in [0.5, 0.6) is 0 Å². The number of carbonyl (C=O) groups excluding carboxylic acids is 1. The molecule has 19 nitrogen and oxygen atoms in total. The van der Waals surface area contributed by atoms with Gasteiger partial charge in [0.1, 0.15) is 73.2 Å². The summed E-state index contributed by atoms with van der Waals surface area (Å²) in [6, 6.07) is -0.885. The Hall–Kier alpha value is -1.21. The van der Waals surface area contributed by atoms with Crippen LogP contribution in [0.1, 0.15) is 463 Å². The molecule has 0 radical (unpaired) electrons. The van der Waals surface area contributed by atoms with E-state index in [-0.39, 0.29) is 18.9 Å². The third-order valence-electron chi connectivity index (χ3n) is 24.9. The molecule has 3 fully saturated rings. The molecule has 17 unspecified atom stereocenters. The molecular formula is C94H183NO18. The normalized spacial score (nSPS) is 24.7. The standard InChI is InChI=1S/C94H183NO18/c1-3-5-7-9-11-13-15-17-19-21-23-25-27-29-31-33-35-37-38-39-40-42-44-46-48-50-52-54-56-58-60-62-64-66-68-70-72-82(100)95-77(78(99)71-69-67-65-63-61-59-57-55-53-51-49-47-45-43-41-36-34-32-30-28-26-24-22-20-18-16-14-12-10-8-6-4-2)76-108-92-88(106)85(103)90(80(74-97)110-92)113-94-89(107)86(104)91(81(75-98)111-94)112-93-87(105)84(102)83(101)79(73-96)109-93/h77-81,83-94,96-99,101-107H,3-76H2,1-2H3,(H,95,100). The van der Waals surface area contributed by atoms with Gasteiger partial charge >= 0.3 is 0 Å². The maximum absolute atomic E-state index is 13.6. The highest BCUT2D eigenvalue weighted by Gasteiger charge is 2.54. The summed E-state index contributed by atoms with van der Waals surface area (Å²) in [5.74, 6) is -0.230. The minimum Gasteiger partial charge on any atom is -0.394 e. The summed E-state index contributed by atoms with van der Waals surface area (Å²) in [7, 11) is 0. The molecule has 0 aromatic carbocycles. The van der Waals surface area contributed by atoms with Crippen LogP contribution in [0.15, 0.2) is 0 Å². The van der Waals surface area contributed by atoms with Crippen molar-refractivity contribution < 1.29 is 89.4 Å². The largest absolute Gasteiger partial charge is 0.394 e. The van der Waals surface area contributed by atoms with Crippen molar-refractivity contribution in [2.75, 3.05) is 26.4 Å².